The normalized spacial score (nSPS) is 12.9. The maximum Gasteiger partial charge on any atom is 0.306 e. The van der Waals surface area contributed by atoms with Crippen molar-refractivity contribution in [1.29, 1.82) is 0 Å². The average molecular weight is 1040 g/mol. The van der Waals surface area contributed by atoms with E-state index in [1.807, 2.05) is 21.1 Å². The van der Waals surface area contributed by atoms with E-state index in [-0.39, 0.29) is 32.2 Å². The first-order chi connectivity index (χ1) is 36.1. The molecule has 0 aliphatic heterocycles. The monoisotopic (exact) mass is 1040 g/mol. The van der Waals surface area contributed by atoms with Gasteiger partial charge in [-0.3, -0.25) is 9.59 Å². The van der Waals surface area contributed by atoms with Crippen LogP contribution in [0.15, 0.2) is 36.5 Å². The van der Waals surface area contributed by atoms with Crippen LogP contribution in [0.1, 0.15) is 303 Å². The third kappa shape index (κ3) is 57.2. The molecule has 2 atom stereocenters. The van der Waals surface area contributed by atoms with Gasteiger partial charge in [0.2, 0.25) is 0 Å². The van der Waals surface area contributed by atoms with Crippen molar-refractivity contribution in [1.82, 2.24) is 0 Å². The van der Waals surface area contributed by atoms with Crippen molar-refractivity contribution in [2.24, 2.45) is 0 Å². The molecule has 2 unspecified atom stereocenters. The molecule has 0 radical (unpaired) electrons. The number of unbranched alkanes of at least 4 members (excludes halogenated alkanes) is 38. The molecule has 0 aliphatic rings. The highest BCUT2D eigenvalue weighted by Crippen LogP contribution is 2.17. The van der Waals surface area contributed by atoms with Crippen molar-refractivity contribution in [3.8, 4) is 0 Å². The zero-order valence-electron chi connectivity index (χ0n) is 49.5. The van der Waals surface area contributed by atoms with Crippen LogP contribution in [-0.2, 0) is 33.3 Å². The molecule has 0 aliphatic carbocycles. The van der Waals surface area contributed by atoms with E-state index in [4.69, 9.17) is 18.9 Å². The first kappa shape index (κ1) is 71.5. The number of carbonyl (C=O) groups excluding carboxylic acids is 3. The van der Waals surface area contributed by atoms with Gasteiger partial charge >= 0.3 is 11.9 Å². The molecule has 0 aromatic carbocycles. The van der Waals surface area contributed by atoms with Crippen molar-refractivity contribution in [3.05, 3.63) is 36.5 Å². The summed E-state index contributed by atoms with van der Waals surface area (Å²) in [6.45, 7) is 4.77. The number of likely N-dealkylation sites (N-methyl/N-ethyl adjacent to an activating group) is 1. The predicted molar refractivity (Wildman–Crippen MR) is 311 cm³/mol. The molecule has 0 saturated heterocycles. The molecule has 0 aromatic heterocycles. The summed E-state index contributed by atoms with van der Waals surface area (Å²) in [6, 6.07) is 0. The Morgan fingerprint density at radius 1 is 0.405 bits per heavy atom. The summed E-state index contributed by atoms with van der Waals surface area (Å²) in [5.41, 5.74) is 0. The van der Waals surface area contributed by atoms with E-state index in [1.54, 1.807) is 0 Å². The second kappa shape index (κ2) is 56.7. The van der Waals surface area contributed by atoms with Gasteiger partial charge < -0.3 is 33.3 Å². The number of nitrogens with zero attached hydrogens (tertiary/aromatic N) is 1. The van der Waals surface area contributed by atoms with Crippen LogP contribution in [0, 0.1) is 0 Å². The molecule has 0 rings (SSSR count). The number of carbonyl (C=O) groups is 3. The van der Waals surface area contributed by atoms with Gasteiger partial charge in [-0.05, 0) is 70.6 Å². The Hall–Kier alpha value is -2.49. The van der Waals surface area contributed by atoms with Gasteiger partial charge in [0.05, 0.1) is 40.3 Å². The van der Waals surface area contributed by atoms with Crippen LogP contribution in [0.25, 0.3) is 0 Å². The van der Waals surface area contributed by atoms with Crippen LogP contribution < -0.4 is 5.11 Å². The zero-order chi connectivity index (χ0) is 54.1. The van der Waals surface area contributed by atoms with Crippen LogP contribution >= 0.6 is 0 Å². The van der Waals surface area contributed by atoms with E-state index < -0.39 is 24.3 Å². The minimum Gasteiger partial charge on any atom is -0.545 e. The van der Waals surface area contributed by atoms with Crippen molar-refractivity contribution in [2.45, 2.75) is 315 Å². The van der Waals surface area contributed by atoms with Gasteiger partial charge in [0.25, 0.3) is 0 Å². The molecule has 0 aromatic rings. The molecular formula is C65H121NO8. The van der Waals surface area contributed by atoms with Crippen molar-refractivity contribution in [3.63, 3.8) is 0 Å². The summed E-state index contributed by atoms with van der Waals surface area (Å²) in [5.74, 6) is -2.27. The number of hydrogen-bond donors (Lipinski definition) is 0. The summed E-state index contributed by atoms with van der Waals surface area (Å²) in [4.78, 5) is 37.3. The van der Waals surface area contributed by atoms with Gasteiger partial charge in [0.15, 0.2) is 12.4 Å². The van der Waals surface area contributed by atoms with Crippen molar-refractivity contribution >= 4 is 17.9 Å². The fourth-order valence-corrected chi connectivity index (χ4v) is 9.21. The van der Waals surface area contributed by atoms with Gasteiger partial charge in [-0.25, -0.2) is 0 Å². The lowest BCUT2D eigenvalue weighted by Gasteiger charge is -2.26. The molecule has 0 N–H and O–H groups in total. The first-order valence-corrected chi connectivity index (χ1v) is 31.6. The summed E-state index contributed by atoms with van der Waals surface area (Å²) < 4.78 is 22.7. The third-order valence-corrected chi connectivity index (χ3v) is 14.1. The molecule has 434 valence electrons. The number of rotatable bonds is 59. The van der Waals surface area contributed by atoms with Crippen LogP contribution in [0.4, 0.5) is 0 Å². The van der Waals surface area contributed by atoms with Gasteiger partial charge in [-0.1, -0.05) is 256 Å². The van der Waals surface area contributed by atoms with Crippen molar-refractivity contribution in [2.75, 3.05) is 47.5 Å². The highest BCUT2D eigenvalue weighted by Gasteiger charge is 2.22. The second-order valence-electron chi connectivity index (χ2n) is 22.7. The lowest BCUT2D eigenvalue weighted by Crippen LogP contribution is -2.44. The minimum absolute atomic E-state index is 0.149. The van der Waals surface area contributed by atoms with E-state index >= 15 is 0 Å². The topological polar surface area (TPSA) is 111 Å². The molecule has 0 fully saturated rings. The average Bonchev–Trinajstić information content (AvgIpc) is 3.37. The number of esters is 2. The maximum atomic E-state index is 12.9. The lowest BCUT2D eigenvalue weighted by atomic mass is 10.0. The number of allylic oxidation sites excluding steroid dienone is 6. The number of carboxylic acids is 1. The van der Waals surface area contributed by atoms with Gasteiger partial charge in [-0.15, -0.1) is 0 Å². The SMILES string of the molecule is CCCCCCC/C=C\C/C=C\CCCCCCCCCCCCCCCCCCCCCC(=O)OC(COC(=O)CCCCCCCCC/C=C\CCCCCCCCC)COC(OCC[N+](C)(C)C)C(=O)[O-]. The highest BCUT2D eigenvalue weighted by molar-refractivity contribution is 5.70. The largest absolute Gasteiger partial charge is 0.545 e. The Kier molecular flexibility index (Phi) is 54.8. The van der Waals surface area contributed by atoms with Crippen LogP contribution in [0.3, 0.4) is 0 Å². The van der Waals surface area contributed by atoms with E-state index in [0.717, 1.165) is 38.5 Å². The van der Waals surface area contributed by atoms with Gasteiger partial charge in [-0.2, -0.15) is 0 Å². The summed E-state index contributed by atoms with van der Waals surface area (Å²) >= 11 is 0. The summed E-state index contributed by atoms with van der Waals surface area (Å²) in [7, 11) is 5.93. The molecule has 0 heterocycles. The van der Waals surface area contributed by atoms with Crippen molar-refractivity contribution < 1.29 is 42.9 Å². The van der Waals surface area contributed by atoms with Gasteiger partial charge in [0, 0.05) is 12.8 Å². The van der Waals surface area contributed by atoms with Crippen LogP contribution in [0.5, 0.6) is 0 Å². The molecule has 0 bridgehead atoms. The smallest absolute Gasteiger partial charge is 0.306 e. The Balaban J connectivity index is 4.11. The predicted octanol–water partition coefficient (Wildman–Crippen LogP) is 17.5. The quantitative estimate of drug-likeness (QED) is 0.0195. The fourth-order valence-electron chi connectivity index (χ4n) is 9.21. The third-order valence-electron chi connectivity index (χ3n) is 14.1. The van der Waals surface area contributed by atoms with E-state index in [2.05, 4.69) is 50.3 Å². The van der Waals surface area contributed by atoms with Crippen LogP contribution in [0.2, 0.25) is 0 Å². The number of carboxylic acid groups (broad SMARTS) is 1. The molecule has 9 nitrogen and oxygen atoms in total. The maximum absolute atomic E-state index is 12.9. The fraction of sp³-hybridized carbons (Fsp3) is 0.862. The Bertz CT molecular complexity index is 1310. The first-order valence-electron chi connectivity index (χ1n) is 31.6. The van der Waals surface area contributed by atoms with E-state index in [1.165, 1.54) is 231 Å². The lowest BCUT2D eigenvalue weighted by molar-refractivity contribution is -0.870. The molecule has 74 heavy (non-hydrogen) atoms. The number of quaternary nitrogens is 1. The Labute approximate surface area is 458 Å². The Morgan fingerprint density at radius 3 is 1.08 bits per heavy atom. The zero-order valence-corrected chi connectivity index (χ0v) is 49.5. The number of aliphatic carboxylic acids is 1. The standard InChI is InChI=1S/C65H121NO8/c1-6-8-10-12-14-16-18-20-22-24-26-27-28-29-30-31-32-33-34-35-36-37-38-40-42-44-46-48-50-52-54-56-63(68)74-61(60-73-65(64(69)70)71-58-57-66(3,4)5)59-72-62(67)55-53-51-49-47-45-43-41-39-25-23-21-19-17-15-13-11-9-7-2/h18,20,23-26,61,65H,6-17,19,21-22,27-60H2,1-5H3/b20-18-,25-23-,26-24-. The molecular weight excluding hydrogens is 923 g/mol. The van der Waals surface area contributed by atoms with E-state index in [9.17, 15) is 19.5 Å². The van der Waals surface area contributed by atoms with E-state index in [0.29, 0.717) is 23.9 Å². The summed E-state index contributed by atoms with van der Waals surface area (Å²) in [6.07, 6.45) is 66.4. The minimum atomic E-state index is -1.62. The second-order valence-corrected chi connectivity index (χ2v) is 22.7. The summed E-state index contributed by atoms with van der Waals surface area (Å²) in [5, 5.41) is 11.8. The number of hydrogen-bond acceptors (Lipinski definition) is 8. The Morgan fingerprint density at radius 2 is 0.730 bits per heavy atom. The highest BCUT2D eigenvalue weighted by atomic mass is 16.7. The number of ether oxygens (including phenoxy) is 4. The molecule has 0 spiro atoms. The van der Waals surface area contributed by atoms with Gasteiger partial charge in [0.1, 0.15) is 13.2 Å². The molecule has 0 saturated carbocycles. The molecule has 9 heteroatoms. The molecule has 0 amide bonds. The van der Waals surface area contributed by atoms with Crippen LogP contribution in [-0.4, -0.2) is 82.3 Å².